The fraction of sp³-hybridized carbons (Fsp3) is 0.318. The van der Waals surface area contributed by atoms with Gasteiger partial charge in [0.15, 0.2) is 0 Å². The van der Waals surface area contributed by atoms with Crippen molar-refractivity contribution in [3.05, 3.63) is 70.7 Å². The topological polar surface area (TPSA) is 206 Å². The molecule has 2 amide bonds. The first-order chi connectivity index (χ1) is 16.7. The number of hydrogen-bond acceptors (Lipinski definition) is 8. The Labute approximate surface area is 208 Å². The van der Waals surface area contributed by atoms with Gasteiger partial charge in [-0.15, -0.1) is 0 Å². The molecule has 0 radical (unpaired) electrons. The largest absolute Gasteiger partial charge is 0.399 e. The van der Waals surface area contributed by atoms with E-state index in [1.165, 1.54) is 12.1 Å². The van der Waals surface area contributed by atoms with E-state index in [1.54, 1.807) is 6.08 Å². The molecule has 0 aliphatic heterocycles. The summed E-state index contributed by atoms with van der Waals surface area (Å²) in [4.78, 5) is 29.3. The van der Waals surface area contributed by atoms with Gasteiger partial charge in [-0.1, -0.05) is 31.2 Å². The molecule has 6 N–H and O–H groups in total. The number of rotatable bonds is 9. The van der Waals surface area contributed by atoms with Crippen molar-refractivity contribution in [1.82, 2.24) is 15.6 Å². The number of nitrogens with zero attached hydrogens (tertiary/aromatic N) is 1. The van der Waals surface area contributed by atoms with E-state index >= 15 is 0 Å². The Morgan fingerprint density at radius 1 is 1.00 bits per heavy atom. The molecule has 12 nitrogen and oxygen atoms in total. The van der Waals surface area contributed by atoms with Gasteiger partial charge in [-0.3, -0.25) is 18.7 Å². The third kappa shape index (κ3) is 7.34. The predicted octanol–water partition coefficient (Wildman–Crippen LogP) is 0.449. The summed E-state index contributed by atoms with van der Waals surface area (Å²) in [5.74, 6) is -2.98. The molecule has 194 valence electrons. The number of allylic oxidation sites excluding steroid dienone is 7. The van der Waals surface area contributed by atoms with Gasteiger partial charge in [0.25, 0.3) is 32.1 Å². The molecule has 1 aromatic rings. The quantitative estimate of drug-likeness (QED) is 0.274. The van der Waals surface area contributed by atoms with Gasteiger partial charge >= 0.3 is 0 Å². The van der Waals surface area contributed by atoms with Crippen LogP contribution in [0.4, 0.5) is 0 Å². The fourth-order valence-electron chi connectivity index (χ4n) is 3.71. The minimum atomic E-state index is -4.30. The summed E-state index contributed by atoms with van der Waals surface area (Å²) in [6.45, 7) is 1.25. The number of carbonyl (C=O) groups is 2. The molecule has 14 heteroatoms. The van der Waals surface area contributed by atoms with Gasteiger partial charge in [0.05, 0.1) is 11.5 Å². The van der Waals surface area contributed by atoms with Gasteiger partial charge < -0.3 is 16.4 Å². The van der Waals surface area contributed by atoms with Crippen LogP contribution in [0.5, 0.6) is 0 Å². The monoisotopic (exact) mass is 538 g/mol. The summed E-state index contributed by atoms with van der Waals surface area (Å²) in [5.41, 5.74) is 7.99. The average Bonchev–Trinajstić information content (AvgIpc) is 2.76. The van der Waals surface area contributed by atoms with E-state index in [1.807, 2.05) is 31.2 Å². The van der Waals surface area contributed by atoms with Crippen LogP contribution in [0, 0.1) is 5.41 Å². The molecule has 0 spiro atoms. The van der Waals surface area contributed by atoms with Crippen molar-refractivity contribution in [2.45, 2.75) is 13.3 Å². The SMILES string of the molecule is CC12C=C(N)C=CC1=CC(c1cc(C(=O)NCCS(=O)(=O)O)nc(C(=O)NCCS(=O)(=O)O)c1)=CC2. The summed E-state index contributed by atoms with van der Waals surface area (Å²) in [6, 6.07) is 2.86. The number of carbonyl (C=O) groups excluding carboxylic acids is 2. The lowest BCUT2D eigenvalue weighted by molar-refractivity contribution is 0.0947. The Kier molecular flexibility index (Phi) is 7.83. The third-order valence-electron chi connectivity index (χ3n) is 5.57. The normalized spacial score (nSPS) is 19.5. The van der Waals surface area contributed by atoms with Crippen LogP contribution in [0.25, 0.3) is 5.57 Å². The Balaban J connectivity index is 1.92. The minimum absolute atomic E-state index is 0.196. The zero-order valence-electron chi connectivity index (χ0n) is 19.3. The molecule has 2 aliphatic rings. The second-order valence-corrected chi connectivity index (χ2v) is 11.7. The number of nitrogens with one attached hydrogen (secondary N) is 2. The molecule has 0 saturated carbocycles. The third-order valence-corrected chi connectivity index (χ3v) is 7.01. The maximum absolute atomic E-state index is 12.6. The van der Waals surface area contributed by atoms with Crippen LogP contribution in [0.15, 0.2) is 53.8 Å². The number of hydrogen-bond donors (Lipinski definition) is 5. The van der Waals surface area contributed by atoms with Crippen LogP contribution in [0.2, 0.25) is 0 Å². The highest BCUT2D eigenvalue weighted by atomic mass is 32.2. The molecule has 1 aromatic heterocycles. The Bertz CT molecular complexity index is 1360. The molecule has 0 saturated heterocycles. The van der Waals surface area contributed by atoms with Gasteiger partial charge in [-0.2, -0.15) is 16.8 Å². The lowest BCUT2D eigenvalue weighted by atomic mass is 9.71. The van der Waals surface area contributed by atoms with Crippen molar-refractivity contribution in [3.8, 4) is 0 Å². The highest BCUT2D eigenvalue weighted by Gasteiger charge is 2.30. The minimum Gasteiger partial charge on any atom is -0.399 e. The average molecular weight is 539 g/mol. The molecule has 2 aliphatic carbocycles. The van der Waals surface area contributed by atoms with Gasteiger partial charge in [-0.25, -0.2) is 4.98 Å². The van der Waals surface area contributed by atoms with Crippen molar-refractivity contribution in [2.75, 3.05) is 24.6 Å². The van der Waals surface area contributed by atoms with Crippen LogP contribution in [0.3, 0.4) is 0 Å². The van der Waals surface area contributed by atoms with E-state index in [2.05, 4.69) is 15.6 Å². The Hall–Kier alpha value is -3.33. The second-order valence-electron chi connectivity index (χ2n) is 8.57. The summed E-state index contributed by atoms with van der Waals surface area (Å²) < 4.78 is 61.4. The van der Waals surface area contributed by atoms with Crippen LogP contribution in [-0.2, 0) is 20.2 Å². The van der Waals surface area contributed by atoms with E-state index in [0.29, 0.717) is 23.3 Å². The zero-order valence-corrected chi connectivity index (χ0v) is 20.9. The van der Waals surface area contributed by atoms with Gasteiger partial charge in [-0.05, 0) is 41.3 Å². The first-order valence-corrected chi connectivity index (χ1v) is 13.9. The highest BCUT2D eigenvalue weighted by Crippen LogP contribution is 2.43. The van der Waals surface area contributed by atoms with Crippen molar-refractivity contribution in [1.29, 1.82) is 0 Å². The summed E-state index contributed by atoms with van der Waals surface area (Å²) in [5, 5.41) is 4.64. The van der Waals surface area contributed by atoms with E-state index in [9.17, 15) is 26.4 Å². The molecule has 0 aromatic carbocycles. The van der Waals surface area contributed by atoms with E-state index in [0.717, 1.165) is 5.57 Å². The number of fused-ring (bicyclic) bond motifs is 1. The predicted molar refractivity (Wildman–Crippen MR) is 132 cm³/mol. The summed E-state index contributed by atoms with van der Waals surface area (Å²) in [6.07, 6.45) is 9.99. The van der Waals surface area contributed by atoms with Gasteiger partial charge in [0.2, 0.25) is 0 Å². The fourth-order valence-corrected chi connectivity index (χ4v) is 4.43. The van der Waals surface area contributed by atoms with Gasteiger partial charge in [0.1, 0.15) is 11.4 Å². The molecule has 0 fully saturated rings. The first kappa shape index (κ1) is 27.3. The molecule has 3 rings (SSSR count). The maximum Gasteiger partial charge on any atom is 0.269 e. The first-order valence-electron chi connectivity index (χ1n) is 10.7. The molecule has 36 heavy (non-hydrogen) atoms. The van der Waals surface area contributed by atoms with Crippen LogP contribution >= 0.6 is 0 Å². The molecule has 1 unspecified atom stereocenters. The molecule has 0 bridgehead atoms. The van der Waals surface area contributed by atoms with Crippen molar-refractivity contribution in [3.63, 3.8) is 0 Å². The Morgan fingerprint density at radius 3 is 2.03 bits per heavy atom. The van der Waals surface area contributed by atoms with Crippen LogP contribution < -0.4 is 16.4 Å². The molecular weight excluding hydrogens is 512 g/mol. The van der Waals surface area contributed by atoms with Crippen molar-refractivity contribution < 1.29 is 35.5 Å². The van der Waals surface area contributed by atoms with E-state index in [-0.39, 0.29) is 29.9 Å². The van der Waals surface area contributed by atoms with E-state index < -0.39 is 43.6 Å². The van der Waals surface area contributed by atoms with E-state index in [4.69, 9.17) is 14.8 Å². The number of nitrogens with two attached hydrogens (primary N) is 1. The smallest absolute Gasteiger partial charge is 0.269 e. The zero-order chi connectivity index (χ0) is 26.7. The van der Waals surface area contributed by atoms with Crippen LogP contribution in [0.1, 0.15) is 39.9 Å². The summed E-state index contributed by atoms with van der Waals surface area (Å²) >= 11 is 0. The standard InChI is InChI=1S/C22H26N4O8S2/c1-22-5-4-14(10-16(22)2-3-17(23)13-22)15-11-18(20(27)24-6-8-35(29,30)31)26-19(12-15)21(28)25-7-9-36(32,33)34/h2-4,10-13H,5-9,23H2,1H3,(H,24,27)(H,25,28)(H,29,30,31)(H,32,33,34). The number of aromatic nitrogens is 1. The molecule has 1 heterocycles. The maximum atomic E-state index is 12.6. The van der Waals surface area contributed by atoms with Crippen molar-refractivity contribution >= 4 is 37.6 Å². The Morgan fingerprint density at radius 2 is 1.53 bits per heavy atom. The van der Waals surface area contributed by atoms with Gasteiger partial charge in [0, 0.05) is 24.2 Å². The molecule has 1 atom stereocenters. The number of amides is 2. The van der Waals surface area contributed by atoms with Crippen LogP contribution in [-0.4, -0.2) is 67.3 Å². The highest BCUT2D eigenvalue weighted by molar-refractivity contribution is 7.86. The van der Waals surface area contributed by atoms with Crippen molar-refractivity contribution in [2.24, 2.45) is 11.1 Å². The lowest BCUT2D eigenvalue weighted by Crippen LogP contribution is -2.32. The molecular formula is C22H26N4O8S2. The lowest BCUT2D eigenvalue weighted by Gasteiger charge is -2.33. The summed E-state index contributed by atoms with van der Waals surface area (Å²) in [7, 11) is -8.60. The second kappa shape index (κ2) is 10.3. The number of pyridine rings is 1.